The van der Waals surface area contributed by atoms with Gasteiger partial charge >= 0.3 is 12.6 Å². The van der Waals surface area contributed by atoms with Crippen LogP contribution in [0.4, 0.5) is 14.5 Å². The first-order chi connectivity index (χ1) is 24.9. The summed E-state index contributed by atoms with van der Waals surface area (Å²) >= 11 is 13.0. The van der Waals surface area contributed by atoms with Crippen molar-refractivity contribution in [2.24, 2.45) is 11.8 Å². The van der Waals surface area contributed by atoms with Gasteiger partial charge in [0.25, 0.3) is 0 Å². The molecule has 3 aromatic rings. The lowest BCUT2D eigenvalue weighted by Gasteiger charge is -2.30. The van der Waals surface area contributed by atoms with Crippen molar-refractivity contribution in [2.45, 2.75) is 44.8 Å². The topological polar surface area (TPSA) is 118 Å². The smallest absolute Gasteiger partial charge is 0.387 e. The summed E-state index contributed by atoms with van der Waals surface area (Å²) in [6, 6.07) is 8.96. The van der Waals surface area contributed by atoms with Crippen molar-refractivity contribution in [3.8, 4) is 17.2 Å². The number of nitrogens with one attached hydrogen (secondary N) is 1. The molecule has 1 atom stereocenters. The van der Waals surface area contributed by atoms with Crippen LogP contribution in [0.5, 0.6) is 17.2 Å². The minimum Gasteiger partial charge on any atom is -0.493 e. The summed E-state index contributed by atoms with van der Waals surface area (Å²) < 4.78 is 82.5. The Morgan fingerprint density at radius 3 is 2.29 bits per heavy atom. The second-order valence-electron chi connectivity index (χ2n) is 13.3. The molecule has 3 fully saturated rings. The summed E-state index contributed by atoms with van der Waals surface area (Å²) in [5.41, 5.74) is 1.18. The molecule has 1 saturated heterocycles. The summed E-state index contributed by atoms with van der Waals surface area (Å²) in [4.78, 5) is 19.1. The van der Waals surface area contributed by atoms with Gasteiger partial charge in [-0.3, -0.25) is 9.21 Å². The quantitative estimate of drug-likeness (QED) is 0.139. The van der Waals surface area contributed by atoms with Crippen molar-refractivity contribution in [1.29, 1.82) is 0 Å². The Morgan fingerprint density at radius 2 is 1.65 bits per heavy atom. The van der Waals surface area contributed by atoms with Crippen LogP contribution in [0.2, 0.25) is 10.0 Å². The molecule has 11 nitrogen and oxygen atoms in total. The standard InChI is InChI=1S/C36H41Cl2F2N3O8S/c1-52(45,46)43(9-8-42-10-12-47-13-11-42)27-14-26(15-28(17-27)48-21-23-2-3-23)35(44)50-33(18-29-30(37)19-41-20-31(29)38)25-6-7-32(51-36(39)40)34(16-25)49-22-24-4-5-24/h6-7,14-17,19-20,23-24,33,36H,2-5,8-13,18,21-22H2,1H3/p+1/t33-/m0/s1. The second-order valence-corrected chi connectivity index (χ2v) is 16.0. The first-order valence-corrected chi connectivity index (χ1v) is 19.9. The fourth-order valence-electron chi connectivity index (χ4n) is 5.78. The van der Waals surface area contributed by atoms with Gasteiger partial charge in [0.15, 0.2) is 23.9 Å². The average molecular weight is 786 g/mol. The Balaban J connectivity index is 1.33. The van der Waals surface area contributed by atoms with Gasteiger partial charge in [0.1, 0.15) is 21.9 Å². The molecule has 0 amide bonds. The van der Waals surface area contributed by atoms with Crippen molar-refractivity contribution < 1.29 is 50.7 Å². The van der Waals surface area contributed by atoms with Crippen LogP contribution in [0.15, 0.2) is 48.8 Å². The zero-order valence-corrected chi connectivity index (χ0v) is 31.0. The highest BCUT2D eigenvalue weighted by molar-refractivity contribution is 7.92. The van der Waals surface area contributed by atoms with Crippen molar-refractivity contribution in [2.75, 3.05) is 63.2 Å². The lowest BCUT2D eigenvalue weighted by atomic mass is 10.0. The van der Waals surface area contributed by atoms with Crippen molar-refractivity contribution >= 4 is 44.9 Å². The highest BCUT2D eigenvalue weighted by atomic mass is 35.5. The van der Waals surface area contributed by atoms with Crippen LogP contribution in [-0.4, -0.2) is 84.8 Å². The molecule has 1 aromatic heterocycles. The molecule has 52 heavy (non-hydrogen) atoms. The van der Waals surface area contributed by atoms with E-state index in [1.807, 2.05) is 0 Å². The highest BCUT2D eigenvalue weighted by Gasteiger charge is 2.29. The van der Waals surface area contributed by atoms with Crippen molar-refractivity contribution in [3.05, 3.63) is 75.5 Å². The van der Waals surface area contributed by atoms with E-state index in [1.165, 1.54) is 47.0 Å². The number of benzene rings is 2. The number of halogens is 4. The van der Waals surface area contributed by atoms with Gasteiger partial charge in [-0.25, -0.2) is 18.2 Å². The largest absolute Gasteiger partial charge is 0.493 e. The number of H-pyrrole nitrogens is 1. The van der Waals surface area contributed by atoms with Crippen LogP contribution < -0.4 is 23.5 Å². The molecule has 16 heteroatoms. The van der Waals surface area contributed by atoms with Gasteiger partial charge in [-0.1, -0.05) is 29.3 Å². The van der Waals surface area contributed by atoms with Crippen molar-refractivity contribution in [3.63, 3.8) is 0 Å². The van der Waals surface area contributed by atoms with Crippen LogP contribution in [0.1, 0.15) is 53.3 Å². The van der Waals surface area contributed by atoms with Gasteiger partial charge in [-0.2, -0.15) is 8.78 Å². The number of carbonyl (C=O) groups is 1. The van der Waals surface area contributed by atoms with E-state index in [1.54, 1.807) is 6.07 Å². The van der Waals surface area contributed by atoms with E-state index < -0.39 is 28.7 Å². The van der Waals surface area contributed by atoms with Gasteiger partial charge in [-0.15, -0.1) is 0 Å². The number of hydrogen-bond acceptors (Lipinski definition) is 9. The molecule has 2 heterocycles. The number of ether oxygens (including phenoxy) is 5. The molecule has 282 valence electrons. The molecule has 6 rings (SSSR count). The third-order valence-electron chi connectivity index (χ3n) is 9.08. The van der Waals surface area contributed by atoms with E-state index in [0.717, 1.165) is 31.9 Å². The molecule has 0 spiro atoms. The second kappa shape index (κ2) is 17.1. The monoisotopic (exact) mass is 784 g/mol. The first-order valence-electron chi connectivity index (χ1n) is 17.2. The Bertz CT molecular complexity index is 1800. The molecule has 0 radical (unpaired) electrons. The van der Waals surface area contributed by atoms with Crippen LogP contribution in [0, 0.1) is 11.8 Å². The van der Waals surface area contributed by atoms with E-state index in [-0.39, 0.29) is 35.7 Å². The van der Waals surface area contributed by atoms with Crippen LogP contribution in [0.3, 0.4) is 0 Å². The summed E-state index contributed by atoms with van der Waals surface area (Å²) in [5, 5.41) is 0.580. The molecule has 3 aliphatic rings. The van der Waals surface area contributed by atoms with Gasteiger partial charge in [0.2, 0.25) is 10.0 Å². The lowest BCUT2D eigenvalue weighted by Crippen LogP contribution is -2.43. The van der Waals surface area contributed by atoms with E-state index in [4.69, 9.17) is 46.9 Å². The Labute approximate surface area is 312 Å². The summed E-state index contributed by atoms with van der Waals surface area (Å²) in [6.07, 6.45) is 7.17. The predicted molar refractivity (Wildman–Crippen MR) is 190 cm³/mol. The number of pyridine rings is 1. The lowest BCUT2D eigenvalue weighted by molar-refractivity contribution is -0.377. The number of alkyl halides is 2. The number of aromatic amines is 1. The summed E-state index contributed by atoms with van der Waals surface area (Å²) in [6.45, 7) is 0.741. The minimum atomic E-state index is -3.78. The predicted octanol–water partition coefficient (Wildman–Crippen LogP) is 6.23. The van der Waals surface area contributed by atoms with Crippen LogP contribution in [-0.2, 0) is 25.9 Å². The molecular formula is C36H42Cl2F2N3O8S+. The third-order valence-corrected chi connectivity index (χ3v) is 11.0. The Morgan fingerprint density at radius 1 is 0.981 bits per heavy atom. The number of rotatable bonds is 18. The fraction of sp³-hybridized carbons (Fsp3) is 0.500. The zero-order valence-electron chi connectivity index (χ0n) is 28.7. The van der Waals surface area contributed by atoms with Gasteiger partial charge in [0, 0.05) is 44.2 Å². The molecule has 2 aliphatic carbocycles. The van der Waals surface area contributed by atoms with Gasteiger partial charge in [0.05, 0.1) is 43.9 Å². The first kappa shape index (κ1) is 38.3. The fourth-order valence-corrected chi connectivity index (χ4v) is 7.21. The number of sulfonamides is 1. The average Bonchev–Trinajstić information content (AvgIpc) is 4.04. The molecule has 1 aliphatic heterocycles. The van der Waals surface area contributed by atoms with E-state index in [2.05, 4.69) is 9.88 Å². The maximum atomic E-state index is 14.1. The number of carbonyl (C=O) groups excluding carboxylic acids is 1. The number of morpholine rings is 1. The van der Waals surface area contributed by atoms with Gasteiger partial charge in [-0.05, 0) is 67.3 Å². The number of esters is 1. The maximum Gasteiger partial charge on any atom is 0.387 e. The normalized spacial score (nSPS) is 17.1. The molecule has 2 aromatic carbocycles. The van der Waals surface area contributed by atoms with E-state index in [9.17, 15) is 22.0 Å². The molecule has 0 unspecified atom stereocenters. The van der Waals surface area contributed by atoms with E-state index >= 15 is 0 Å². The van der Waals surface area contributed by atoms with Crippen molar-refractivity contribution in [1.82, 2.24) is 4.90 Å². The maximum absolute atomic E-state index is 14.1. The highest BCUT2D eigenvalue weighted by Crippen LogP contribution is 2.39. The minimum absolute atomic E-state index is 0.00887. The summed E-state index contributed by atoms with van der Waals surface area (Å²) in [7, 11) is -3.78. The number of anilines is 1. The zero-order chi connectivity index (χ0) is 36.8. The molecule has 2 saturated carbocycles. The van der Waals surface area contributed by atoms with Crippen LogP contribution >= 0.6 is 23.2 Å². The number of hydrogen-bond donors (Lipinski definition) is 0. The third kappa shape index (κ3) is 10.8. The molecule has 0 bridgehead atoms. The number of aromatic nitrogens is 1. The molecular weight excluding hydrogens is 743 g/mol. The Kier molecular flexibility index (Phi) is 12.6. The SMILES string of the molecule is CS(=O)(=O)N(CCN1CCOCC1)c1cc(OCC2CC2)cc(C(=O)O[C@@H](Cc2c(Cl)c[nH+]cc2Cl)c2ccc(OC(F)F)c(OCC3CC3)c2)c1. The molecule has 1 N–H and O–H groups in total. The van der Waals surface area contributed by atoms with Gasteiger partial charge < -0.3 is 23.7 Å². The summed E-state index contributed by atoms with van der Waals surface area (Å²) in [5.74, 6) is 0.166. The van der Waals surface area contributed by atoms with Crippen LogP contribution in [0.25, 0.3) is 0 Å². The Hall–Kier alpha value is -3.43. The number of nitrogens with zero attached hydrogens (tertiary/aromatic N) is 2. The van der Waals surface area contributed by atoms with E-state index in [0.29, 0.717) is 84.8 Å².